The van der Waals surface area contributed by atoms with Crippen LogP contribution in [0.3, 0.4) is 0 Å². The summed E-state index contributed by atoms with van der Waals surface area (Å²) in [5, 5.41) is 10.0. The molecule has 0 aliphatic carbocycles. The van der Waals surface area contributed by atoms with Crippen molar-refractivity contribution >= 4 is 11.9 Å². The number of rotatable bonds is 39. The number of allylic oxidation sites excluding steroid dienone is 6. The fourth-order valence-electron chi connectivity index (χ4n) is 6.09. The third-order valence-electron chi connectivity index (χ3n) is 9.38. The highest BCUT2D eigenvalue weighted by molar-refractivity contribution is 5.69. The second-order valence-corrected chi connectivity index (χ2v) is 14.5. The van der Waals surface area contributed by atoms with Crippen LogP contribution in [0.25, 0.3) is 0 Å². The lowest BCUT2D eigenvalue weighted by molar-refractivity contribution is -0.152. The average Bonchev–Trinajstić information content (AvgIpc) is 3.12. The molecular formula is C45H82O5. The summed E-state index contributed by atoms with van der Waals surface area (Å²) < 4.78 is 10.3. The van der Waals surface area contributed by atoms with Gasteiger partial charge in [0.15, 0.2) is 0 Å². The maximum absolute atomic E-state index is 12.0. The minimum atomic E-state index is -0.977. The first-order valence-corrected chi connectivity index (χ1v) is 21.5. The van der Waals surface area contributed by atoms with Crippen molar-refractivity contribution in [1.82, 2.24) is 0 Å². The van der Waals surface area contributed by atoms with E-state index in [4.69, 9.17) is 9.47 Å². The molecule has 0 spiro atoms. The summed E-state index contributed by atoms with van der Waals surface area (Å²) in [7, 11) is 0. The molecule has 0 aliphatic rings. The van der Waals surface area contributed by atoms with Gasteiger partial charge in [-0.25, -0.2) is 0 Å². The molecule has 0 aromatic carbocycles. The van der Waals surface area contributed by atoms with Crippen molar-refractivity contribution in [3.8, 4) is 0 Å². The van der Waals surface area contributed by atoms with Crippen LogP contribution >= 0.6 is 0 Å². The van der Waals surface area contributed by atoms with Gasteiger partial charge in [-0.15, -0.1) is 0 Å². The lowest BCUT2D eigenvalue weighted by Gasteiger charge is -2.12. The molecule has 0 aromatic rings. The van der Waals surface area contributed by atoms with Crippen LogP contribution in [-0.4, -0.2) is 36.4 Å². The smallest absolute Gasteiger partial charge is 0.305 e. The standard InChI is InChI=1S/C45H82O5/c1-3-5-7-9-11-13-15-17-19-20-21-22-23-24-26-28-30-32-34-36-38-40-45(48)50-42-43(46)41-49-44(47)39-37-35-33-31-29-27-25-18-16-14-12-10-8-6-4-2/h12,14,18,25,29,31,43,46H,3-11,13,15-17,19-24,26-28,30,32-42H2,1-2H3/b14-12-,25-18-,31-29-/t43-/m0/s1. The van der Waals surface area contributed by atoms with E-state index in [1.807, 2.05) is 0 Å². The van der Waals surface area contributed by atoms with Crippen molar-refractivity contribution in [3.63, 3.8) is 0 Å². The highest BCUT2D eigenvalue weighted by Gasteiger charge is 2.12. The quantitative estimate of drug-likeness (QED) is 0.0392. The molecule has 5 nitrogen and oxygen atoms in total. The summed E-state index contributed by atoms with van der Waals surface area (Å²) in [6.07, 6.45) is 50.7. The highest BCUT2D eigenvalue weighted by atomic mass is 16.6. The van der Waals surface area contributed by atoms with Crippen LogP contribution < -0.4 is 0 Å². The number of aliphatic hydroxyl groups excluding tert-OH is 1. The van der Waals surface area contributed by atoms with Crippen molar-refractivity contribution < 1.29 is 24.2 Å². The topological polar surface area (TPSA) is 72.8 Å². The van der Waals surface area contributed by atoms with Crippen LogP contribution in [0.1, 0.15) is 219 Å². The zero-order chi connectivity index (χ0) is 36.4. The number of esters is 2. The van der Waals surface area contributed by atoms with Gasteiger partial charge in [0.1, 0.15) is 19.3 Å². The van der Waals surface area contributed by atoms with E-state index in [-0.39, 0.29) is 25.2 Å². The number of hydrogen-bond donors (Lipinski definition) is 1. The molecule has 0 saturated carbocycles. The summed E-state index contributed by atoms with van der Waals surface area (Å²) in [5.74, 6) is -0.601. The van der Waals surface area contributed by atoms with Crippen LogP contribution in [0.15, 0.2) is 36.5 Å². The van der Waals surface area contributed by atoms with Gasteiger partial charge in [0.05, 0.1) is 0 Å². The van der Waals surface area contributed by atoms with Gasteiger partial charge in [-0.1, -0.05) is 192 Å². The Morgan fingerprint density at radius 1 is 0.420 bits per heavy atom. The summed E-state index contributed by atoms with van der Waals surface area (Å²) in [6, 6.07) is 0. The Kier molecular flexibility index (Phi) is 40.0. The van der Waals surface area contributed by atoms with E-state index in [9.17, 15) is 14.7 Å². The monoisotopic (exact) mass is 703 g/mol. The molecule has 50 heavy (non-hydrogen) atoms. The molecule has 0 rings (SSSR count). The predicted molar refractivity (Wildman–Crippen MR) is 214 cm³/mol. The van der Waals surface area contributed by atoms with Crippen molar-refractivity contribution in [2.24, 2.45) is 0 Å². The molecule has 1 atom stereocenters. The first kappa shape index (κ1) is 48.1. The molecule has 5 heteroatoms. The van der Waals surface area contributed by atoms with E-state index in [0.29, 0.717) is 12.8 Å². The van der Waals surface area contributed by atoms with Gasteiger partial charge in [-0.3, -0.25) is 9.59 Å². The van der Waals surface area contributed by atoms with Gasteiger partial charge in [-0.05, 0) is 51.4 Å². The van der Waals surface area contributed by atoms with Gasteiger partial charge < -0.3 is 14.6 Å². The first-order valence-electron chi connectivity index (χ1n) is 21.5. The van der Waals surface area contributed by atoms with E-state index < -0.39 is 6.10 Å². The number of aliphatic hydroxyl groups is 1. The van der Waals surface area contributed by atoms with Crippen molar-refractivity contribution in [2.45, 2.75) is 225 Å². The number of carbonyl (C=O) groups is 2. The Balaban J connectivity index is 3.43. The Bertz CT molecular complexity index is 801. The third-order valence-corrected chi connectivity index (χ3v) is 9.38. The molecule has 0 aliphatic heterocycles. The second-order valence-electron chi connectivity index (χ2n) is 14.5. The molecular weight excluding hydrogens is 620 g/mol. The molecule has 0 heterocycles. The summed E-state index contributed by atoms with van der Waals surface area (Å²) >= 11 is 0. The summed E-state index contributed by atoms with van der Waals surface area (Å²) in [5.41, 5.74) is 0. The zero-order valence-electron chi connectivity index (χ0n) is 33.2. The fraction of sp³-hybridized carbons (Fsp3) is 0.822. The minimum Gasteiger partial charge on any atom is -0.463 e. The highest BCUT2D eigenvalue weighted by Crippen LogP contribution is 2.15. The Morgan fingerprint density at radius 2 is 0.700 bits per heavy atom. The maximum atomic E-state index is 12.0. The molecule has 0 radical (unpaired) electrons. The number of unbranched alkanes of at least 4 members (excludes halogenated alkanes) is 25. The van der Waals surface area contributed by atoms with Gasteiger partial charge in [0.25, 0.3) is 0 Å². The normalized spacial score (nSPS) is 12.5. The fourth-order valence-corrected chi connectivity index (χ4v) is 6.09. The SMILES string of the molecule is CCCCC/C=C\C/C=C\C/C=C\CCCCC(=O)OC[C@H](O)COC(=O)CCCCCCCCCCCCCCCCCCCCCCC. The van der Waals surface area contributed by atoms with E-state index in [1.54, 1.807) is 0 Å². The molecule has 1 N–H and O–H groups in total. The van der Waals surface area contributed by atoms with Crippen LogP contribution in [0, 0.1) is 0 Å². The number of hydrogen-bond acceptors (Lipinski definition) is 5. The van der Waals surface area contributed by atoms with E-state index in [2.05, 4.69) is 50.3 Å². The van der Waals surface area contributed by atoms with E-state index in [1.165, 1.54) is 141 Å². The van der Waals surface area contributed by atoms with E-state index >= 15 is 0 Å². The molecule has 0 saturated heterocycles. The molecule has 0 bridgehead atoms. The largest absolute Gasteiger partial charge is 0.463 e. The maximum Gasteiger partial charge on any atom is 0.305 e. The molecule has 0 unspecified atom stereocenters. The summed E-state index contributed by atoms with van der Waals surface area (Å²) in [4.78, 5) is 24.0. The Hall–Kier alpha value is -1.88. The molecule has 0 fully saturated rings. The van der Waals surface area contributed by atoms with Crippen molar-refractivity contribution in [2.75, 3.05) is 13.2 Å². The third kappa shape index (κ3) is 40.5. The lowest BCUT2D eigenvalue weighted by atomic mass is 10.0. The average molecular weight is 703 g/mol. The first-order chi connectivity index (χ1) is 24.6. The minimum absolute atomic E-state index is 0.125. The van der Waals surface area contributed by atoms with E-state index in [0.717, 1.165) is 51.4 Å². The van der Waals surface area contributed by atoms with Crippen LogP contribution in [0.4, 0.5) is 0 Å². The number of ether oxygens (including phenoxy) is 2. The lowest BCUT2D eigenvalue weighted by Crippen LogP contribution is -2.25. The predicted octanol–water partition coefficient (Wildman–Crippen LogP) is 13.6. The summed E-state index contributed by atoms with van der Waals surface area (Å²) in [6.45, 7) is 4.26. The second kappa shape index (κ2) is 41.5. The molecule has 0 aromatic heterocycles. The van der Waals surface area contributed by atoms with Gasteiger partial charge >= 0.3 is 11.9 Å². The molecule has 0 amide bonds. The Labute approximate surface area is 310 Å². The van der Waals surface area contributed by atoms with Crippen molar-refractivity contribution in [3.05, 3.63) is 36.5 Å². The van der Waals surface area contributed by atoms with Crippen LogP contribution in [0.2, 0.25) is 0 Å². The van der Waals surface area contributed by atoms with Crippen molar-refractivity contribution in [1.29, 1.82) is 0 Å². The Morgan fingerprint density at radius 3 is 1.08 bits per heavy atom. The molecule has 292 valence electrons. The number of carbonyl (C=O) groups excluding carboxylic acids is 2. The van der Waals surface area contributed by atoms with Gasteiger partial charge in [-0.2, -0.15) is 0 Å². The van der Waals surface area contributed by atoms with Gasteiger partial charge in [0.2, 0.25) is 0 Å². The van der Waals surface area contributed by atoms with Crippen LogP contribution in [-0.2, 0) is 19.1 Å². The zero-order valence-corrected chi connectivity index (χ0v) is 33.2. The van der Waals surface area contributed by atoms with Gasteiger partial charge in [0, 0.05) is 12.8 Å². The van der Waals surface area contributed by atoms with Crippen LogP contribution in [0.5, 0.6) is 0 Å².